The van der Waals surface area contributed by atoms with Gasteiger partial charge in [-0.25, -0.2) is 19.4 Å². The lowest BCUT2D eigenvalue weighted by Crippen LogP contribution is -2.44. The van der Waals surface area contributed by atoms with Crippen LogP contribution in [0.2, 0.25) is 0 Å². The molecular formula is C29H24N2O7. The number of amides is 1. The van der Waals surface area contributed by atoms with E-state index < -0.39 is 24.1 Å². The molecule has 0 bridgehead atoms. The van der Waals surface area contributed by atoms with Gasteiger partial charge in [0.2, 0.25) is 0 Å². The standard InChI is InChI=1S/C29H24N2O7/c1-2-13-36-28(34)24(15-26-30-23-14-17(27(32)33)11-12-25(23)38-26)31-29(35)37-16-22-20-9-5-3-7-18(20)19-8-4-6-10-21(19)22/h2-12,14,22,24H,1,13,15-16H2,(H,31,35)(H,32,33). The summed E-state index contributed by atoms with van der Waals surface area (Å²) in [6.45, 7) is 3.56. The Labute approximate surface area is 217 Å². The molecule has 1 atom stereocenters. The highest BCUT2D eigenvalue weighted by molar-refractivity contribution is 5.92. The van der Waals surface area contributed by atoms with Crippen LogP contribution in [0.4, 0.5) is 4.79 Å². The monoisotopic (exact) mass is 512 g/mol. The lowest BCUT2D eigenvalue weighted by molar-refractivity contribution is -0.144. The minimum atomic E-state index is -1.15. The number of ether oxygens (including phenoxy) is 2. The van der Waals surface area contributed by atoms with Crippen LogP contribution < -0.4 is 5.32 Å². The van der Waals surface area contributed by atoms with Gasteiger partial charge in [-0.1, -0.05) is 61.2 Å². The molecule has 0 spiro atoms. The lowest BCUT2D eigenvalue weighted by Gasteiger charge is -2.18. The zero-order valence-corrected chi connectivity index (χ0v) is 20.3. The average Bonchev–Trinajstić information content (AvgIpc) is 3.48. The van der Waals surface area contributed by atoms with Gasteiger partial charge in [0.15, 0.2) is 11.5 Å². The summed E-state index contributed by atoms with van der Waals surface area (Å²) in [7, 11) is 0. The summed E-state index contributed by atoms with van der Waals surface area (Å²) < 4.78 is 16.4. The molecule has 0 radical (unpaired) electrons. The molecule has 0 fully saturated rings. The second-order valence-corrected chi connectivity index (χ2v) is 8.74. The third kappa shape index (κ3) is 4.99. The molecule has 9 heteroatoms. The van der Waals surface area contributed by atoms with Crippen molar-refractivity contribution < 1.29 is 33.4 Å². The molecular weight excluding hydrogens is 488 g/mol. The van der Waals surface area contributed by atoms with E-state index in [1.807, 2.05) is 48.5 Å². The van der Waals surface area contributed by atoms with Gasteiger partial charge in [-0.05, 0) is 40.5 Å². The Bertz CT molecular complexity index is 1500. The van der Waals surface area contributed by atoms with Gasteiger partial charge in [0.1, 0.15) is 24.8 Å². The van der Waals surface area contributed by atoms with Crippen molar-refractivity contribution in [1.29, 1.82) is 0 Å². The number of carboxylic acid groups (broad SMARTS) is 1. The van der Waals surface area contributed by atoms with E-state index >= 15 is 0 Å². The van der Waals surface area contributed by atoms with Crippen LogP contribution in [-0.4, -0.2) is 47.4 Å². The lowest BCUT2D eigenvalue weighted by atomic mass is 9.98. The van der Waals surface area contributed by atoms with E-state index in [-0.39, 0.29) is 37.0 Å². The predicted molar refractivity (Wildman–Crippen MR) is 138 cm³/mol. The van der Waals surface area contributed by atoms with Crippen molar-refractivity contribution in [3.8, 4) is 11.1 Å². The van der Waals surface area contributed by atoms with Crippen LogP contribution in [-0.2, 0) is 20.7 Å². The molecule has 1 heterocycles. The zero-order valence-electron chi connectivity index (χ0n) is 20.3. The summed E-state index contributed by atoms with van der Waals surface area (Å²) in [5, 5.41) is 11.8. The summed E-state index contributed by atoms with van der Waals surface area (Å²) in [6.07, 6.45) is 0.489. The second-order valence-electron chi connectivity index (χ2n) is 8.74. The fourth-order valence-corrected chi connectivity index (χ4v) is 4.59. The number of carbonyl (C=O) groups is 3. The maximum Gasteiger partial charge on any atom is 0.407 e. The van der Waals surface area contributed by atoms with Crippen LogP contribution in [0.1, 0.15) is 33.3 Å². The highest BCUT2D eigenvalue weighted by Crippen LogP contribution is 2.44. The number of carboxylic acids is 1. The number of nitrogens with one attached hydrogen (secondary N) is 1. The second kappa shape index (κ2) is 10.6. The van der Waals surface area contributed by atoms with E-state index in [0.29, 0.717) is 11.1 Å². The van der Waals surface area contributed by atoms with Gasteiger partial charge >= 0.3 is 18.0 Å². The molecule has 3 aromatic carbocycles. The van der Waals surface area contributed by atoms with Gasteiger partial charge in [0.05, 0.1) is 12.0 Å². The third-order valence-electron chi connectivity index (χ3n) is 6.32. The maximum absolute atomic E-state index is 12.8. The Morgan fingerprint density at radius 3 is 2.37 bits per heavy atom. The topological polar surface area (TPSA) is 128 Å². The maximum atomic E-state index is 12.8. The third-order valence-corrected chi connectivity index (χ3v) is 6.32. The number of nitrogens with zero attached hydrogens (tertiary/aromatic N) is 1. The van der Waals surface area contributed by atoms with E-state index in [9.17, 15) is 19.5 Å². The summed E-state index contributed by atoms with van der Waals surface area (Å²) in [5.41, 5.74) is 5.06. The summed E-state index contributed by atoms with van der Waals surface area (Å²) in [5.74, 6) is -1.83. The number of aromatic nitrogens is 1. The zero-order chi connectivity index (χ0) is 26.6. The molecule has 1 amide bonds. The molecule has 192 valence electrons. The number of hydrogen-bond acceptors (Lipinski definition) is 7. The fourth-order valence-electron chi connectivity index (χ4n) is 4.59. The van der Waals surface area contributed by atoms with Crippen LogP contribution in [0, 0.1) is 0 Å². The smallest absolute Gasteiger partial charge is 0.407 e. The summed E-state index contributed by atoms with van der Waals surface area (Å²) >= 11 is 0. The highest BCUT2D eigenvalue weighted by Gasteiger charge is 2.30. The quantitative estimate of drug-likeness (QED) is 0.244. The van der Waals surface area contributed by atoms with Crippen LogP contribution in [0.15, 0.2) is 83.8 Å². The predicted octanol–water partition coefficient (Wildman–Crippen LogP) is 4.71. The summed E-state index contributed by atoms with van der Waals surface area (Å²) in [4.78, 5) is 41.0. The molecule has 1 aromatic heterocycles. The van der Waals surface area contributed by atoms with Gasteiger partial charge in [0, 0.05) is 5.92 Å². The Hall–Kier alpha value is -4.92. The first kappa shape index (κ1) is 24.8. The van der Waals surface area contributed by atoms with Gasteiger partial charge in [0.25, 0.3) is 0 Å². The van der Waals surface area contributed by atoms with Gasteiger partial charge in [-0.15, -0.1) is 0 Å². The molecule has 38 heavy (non-hydrogen) atoms. The van der Waals surface area contributed by atoms with E-state index in [2.05, 4.69) is 16.9 Å². The molecule has 5 rings (SSSR count). The normalized spacial score (nSPS) is 12.8. The van der Waals surface area contributed by atoms with Crippen molar-refractivity contribution in [2.75, 3.05) is 13.2 Å². The number of rotatable bonds is 9. The number of benzene rings is 3. The number of fused-ring (bicyclic) bond motifs is 4. The molecule has 2 N–H and O–H groups in total. The van der Waals surface area contributed by atoms with E-state index in [4.69, 9.17) is 13.9 Å². The van der Waals surface area contributed by atoms with E-state index in [1.165, 1.54) is 24.3 Å². The minimum Gasteiger partial charge on any atom is -0.478 e. The Balaban J connectivity index is 1.30. The molecule has 0 saturated heterocycles. The van der Waals surface area contributed by atoms with Crippen molar-refractivity contribution >= 4 is 29.1 Å². The van der Waals surface area contributed by atoms with Crippen molar-refractivity contribution in [2.24, 2.45) is 0 Å². The number of esters is 1. The molecule has 1 aliphatic carbocycles. The Kier molecular flexibility index (Phi) is 6.90. The molecule has 1 unspecified atom stereocenters. The number of carbonyl (C=O) groups excluding carboxylic acids is 2. The van der Waals surface area contributed by atoms with Crippen LogP contribution >= 0.6 is 0 Å². The number of hydrogen-bond donors (Lipinski definition) is 2. The van der Waals surface area contributed by atoms with E-state index in [1.54, 1.807) is 0 Å². The summed E-state index contributed by atoms with van der Waals surface area (Å²) in [6, 6.07) is 19.0. The molecule has 1 aliphatic rings. The Morgan fingerprint density at radius 2 is 1.71 bits per heavy atom. The van der Waals surface area contributed by atoms with Gasteiger partial charge in [-0.3, -0.25) is 0 Å². The van der Waals surface area contributed by atoms with E-state index in [0.717, 1.165) is 22.3 Å². The van der Waals surface area contributed by atoms with Crippen LogP contribution in [0.5, 0.6) is 0 Å². The molecule has 4 aromatic rings. The van der Waals surface area contributed by atoms with Gasteiger partial charge in [-0.2, -0.15) is 0 Å². The Morgan fingerprint density at radius 1 is 1.03 bits per heavy atom. The van der Waals surface area contributed by atoms with Crippen LogP contribution in [0.3, 0.4) is 0 Å². The molecule has 0 aliphatic heterocycles. The minimum absolute atomic E-state index is 0.0444. The first-order valence-electron chi connectivity index (χ1n) is 12.0. The number of aromatic carboxylic acids is 1. The first-order valence-corrected chi connectivity index (χ1v) is 12.0. The van der Waals surface area contributed by atoms with Crippen molar-refractivity contribution in [3.63, 3.8) is 0 Å². The van der Waals surface area contributed by atoms with Crippen molar-refractivity contribution in [3.05, 3.63) is 102 Å². The SMILES string of the molecule is C=CCOC(=O)C(Cc1nc2cc(C(=O)O)ccc2o1)NC(=O)OCC1c2ccccc2-c2ccccc21. The highest BCUT2D eigenvalue weighted by atomic mass is 16.6. The first-order chi connectivity index (χ1) is 18.4. The molecule has 0 saturated carbocycles. The number of alkyl carbamates (subject to hydrolysis) is 1. The average molecular weight is 513 g/mol. The molecule has 9 nitrogen and oxygen atoms in total. The van der Waals surface area contributed by atoms with Gasteiger partial charge < -0.3 is 24.3 Å². The number of oxazole rings is 1. The fraction of sp³-hybridized carbons (Fsp3) is 0.172. The van der Waals surface area contributed by atoms with Crippen LogP contribution in [0.25, 0.3) is 22.2 Å². The largest absolute Gasteiger partial charge is 0.478 e. The van der Waals surface area contributed by atoms with Crippen molar-refractivity contribution in [1.82, 2.24) is 10.3 Å². The van der Waals surface area contributed by atoms with Crippen molar-refractivity contribution in [2.45, 2.75) is 18.4 Å².